The van der Waals surface area contributed by atoms with E-state index in [1.807, 2.05) is 27.1 Å². The molecule has 0 aliphatic rings. The van der Waals surface area contributed by atoms with Gasteiger partial charge in [0.2, 0.25) is 0 Å². The Hall–Kier alpha value is -2.52. The summed E-state index contributed by atoms with van der Waals surface area (Å²) in [7, 11) is 6.94. The predicted octanol–water partition coefficient (Wildman–Crippen LogP) is 2.11. The molecule has 128 valence electrons. The second-order valence-electron chi connectivity index (χ2n) is 5.92. The second-order valence-corrected chi connectivity index (χ2v) is 5.92. The molecule has 6 heteroatoms. The topological polar surface area (TPSA) is 67.5 Å². The lowest BCUT2D eigenvalue weighted by Gasteiger charge is -2.13. The Balaban J connectivity index is 2.73. The van der Waals surface area contributed by atoms with Gasteiger partial charge >= 0.3 is 5.97 Å². The number of methoxy groups -OCH3 is 2. The van der Waals surface area contributed by atoms with Crippen molar-refractivity contribution in [2.75, 3.05) is 34.9 Å². The van der Waals surface area contributed by atoms with Crippen molar-refractivity contribution in [3.05, 3.63) is 29.0 Å². The first-order chi connectivity index (χ1) is 11.4. The van der Waals surface area contributed by atoms with Crippen LogP contribution in [0.15, 0.2) is 12.1 Å². The van der Waals surface area contributed by atoms with Crippen molar-refractivity contribution in [3.63, 3.8) is 0 Å². The van der Waals surface area contributed by atoms with E-state index in [-0.39, 0.29) is 12.4 Å². The summed E-state index contributed by atoms with van der Waals surface area (Å²) in [5.74, 6) is 0.192. The van der Waals surface area contributed by atoms with Crippen LogP contribution in [0.5, 0.6) is 5.75 Å². The third kappa shape index (κ3) is 3.22. The molecule has 6 nitrogen and oxygen atoms in total. The van der Waals surface area contributed by atoms with E-state index in [1.54, 1.807) is 6.07 Å². The molecule has 0 radical (unpaired) electrons. The number of hydrogen-bond acceptors (Lipinski definition) is 5. The fraction of sp³-hybridized carbons (Fsp3) is 0.444. The van der Waals surface area contributed by atoms with Crippen molar-refractivity contribution < 1.29 is 14.3 Å². The van der Waals surface area contributed by atoms with Gasteiger partial charge < -0.3 is 18.9 Å². The molecule has 0 aliphatic heterocycles. The van der Waals surface area contributed by atoms with Crippen LogP contribution in [0, 0.1) is 18.3 Å². The number of nitriles is 1. The molecule has 1 aromatic carbocycles. The summed E-state index contributed by atoms with van der Waals surface area (Å²) in [6.07, 6.45) is 0.135. The highest BCUT2D eigenvalue weighted by Gasteiger charge is 2.22. The van der Waals surface area contributed by atoms with Gasteiger partial charge in [-0.15, -0.1) is 0 Å². The summed E-state index contributed by atoms with van der Waals surface area (Å²) in [6.45, 7) is 3.60. The number of carbonyl (C=O) groups excluding carboxylic acids is 1. The molecule has 2 aromatic rings. The lowest BCUT2D eigenvalue weighted by molar-refractivity contribution is -0.139. The van der Waals surface area contributed by atoms with Gasteiger partial charge in [0.1, 0.15) is 17.4 Å². The maximum atomic E-state index is 11.9. The van der Waals surface area contributed by atoms with Crippen LogP contribution < -0.4 is 4.74 Å². The molecule has 1 heterocycles. The SMILES string of the molecule is COC(=O)Cc1c(C)n(CCN(C)C)c2ccc(OC)c(C#N)c12. The summed E-state index contributed by atoms with van der Waals surface area (Å²) in [5.41, 5.74) is 3.19. The minimum absolute atomic E-state index is 0.135. The lowest BCUT2D eigenvalue weighted by Crippen LogP contribution is -2.19. The zero-order valence-electron chi connectivity index (χ0n) is 14.8. The lowest BCUT2D eigenvalue weighted by atomic mass is 10.0. The van der Waals surface area contributed by atoms with Gasteiger partial charge in [0, 0.05) is 24.2 Å². The van der Waals surface area contributed by atoms with Gasteiger partial charge in [-0.25, -0.2) is 0 Å². The molecule has 0 unspecified atom stereocenters. The van der Waals surface area contributed by atoms with Crippen LogP contribution in [-0.4, -0.2) is 50.3 Å². The standard InChI is InChI=1S/C18H23N3O3/c1-12-13(10-17(22)24-5)18-14(11-19)16(23-4)7-6-15(18)21(12)9-8-20(2)3/h6-7H,8-10H2,1-5H3. The second kappa shape index (κ2) is 7.37. The first-order valence-corrected chi connectivity index (χ1v) is 7.74. The molecule has 0 amide bonds. The summed E-state index contributed by atoms with van der Waals surface area (Å²) in [5, 5.41) is 10.4. The average molecular weight is 329 g/mol. The van der Waals surface area contributed by atoms with E-state index in [0.717, 1.165) is 35.2 Å². The Labute approximate surface area is 142 Å². The van der Waals surface area contributed by atoms with Crippen molar-refractivity contribution in [1.29, 1.82) is 5.26 Å². The Kier molecular flexibility index (Phi) is 5.47. The van der Waals surface area contributed by atoms with Gasteiger partial charge in [-0.3, -0.25) is 4.79 Å². The van der Waals surface area contributed by atoms with E-state index in [1.165, 1.54) is 14.2 Å². The molecular formula is C18H23N3O3. The van der Waals surface area contributed by atoms with Gasteiger partial charge in [-0.2, -0.15) is 5.26 Å². The molecule has 0 spiro atoms. The van der Waals surface area contributed by atoms with Gasteiger partial charge in [0.15, 0.2) is 0 Å². The van der Waals surface area contributed by atoms with E-state index in [9.17, 15) is 10.1 Å². The van der Waals surface area contributed by atoms with Crippen LogP contribution in [0.4, 0.5) is 0 Å². The molecule has 0 fully saturated rings. The summed E-state index contributed by atoms with van der Waals surface area (Å²) in [6, 6.07) is 5.97. The third-order valence-electron chi connectivity index (χ3n) is 4.23. The van der Waals surface area contributed by atoms with Crippen molar-refractivity contribution in [2.24, 2.45) is 0 Å². The fourth-order valence-corrected chi connectivity index (χ4v) is 2.93. The van der Waals surface area contributed by atoms with Crippen molar-refractivity contribution in [2.45, 2.75) is 19.9 Å². The van der Waals surface area contributed by atoms with Crippen LogP contribution in [0.25, 0.3) is 10.9 Å². The van der Waals surface area contributed by atoms with Crippen LogP contribution in [0.2, 0.25) is 0 Å². The van der Waals surface area contributed by atoms with Crippen LogP contribution in [0.1, 0.15) is 16.8 Å². The minimum atomic E-state index is -0.323. The molecule has 1 aromatic heterocycles. The quantitative estimate of drug-likeness (QED) is 0.759. The first-order valence-electron chi connectivity index (χ1n) is 7.74. The molecule has 0 saturated carbocycles. The van der Waals surface area contributed by atoms with Crippen LogP contribution >= 0.6 is 0 Å². The first kappa shape index (κ1) is 17.8. The molecular weight excluding hydrogens is 306 g/mol. The third-order valence-corrected chi connectivity index (χ3v) is 4.23. The number of esters is 1. The number of likely N-dealkylation sites (N-methyl/N-ethyl adjacent to an activating group) is 1. The predicted molar refractivity (Wildman–Crippen MR) is 92.2 cm³/mol. The van der Waals surface area contributed by atoms with E-state index in [2.05, 4.69) is 15.5 Å². The number of nitrogens with zero attached hydrogens (tertiary/aromatic N) is 3. The Morgan fingerprint density at radius 2 is 2.04 bits per heavy atom. The normalized spacial score (nSPS) is 10.9. The van der Waals surface area contributed by atoms with Gasteiger partial charge in [-0.1, -0.05) is 0 Å². The maximum absolute atomic E-state index is 11.9. The molecule has 0 atom stereocenters. The zero-order valence-corrected chi connectivity index (χ0v) is 14.8. The molecule has 0 N–H and O–H groups in total. The summed E-state index contributed by atoms with van der Waals surface area (Å²) < 4.78 is 12.3. The highest BCUT2D eigenvalue weighted by Crippen LogP contribution is 2.34. The Morgan fingerprint density at radius 1 is 1.33 bits per heavy atom. The van der Waals surface area contributed by atoms with Crippen molar-refractivity contribution in [1.82, 2.24) is 9.47 Å². The highest BCUT2D eigenvalue weighted by molar-refractivity contribution is 5.95. The van der Waals surface area contributed by atoms with Crippen LogP contribution in [-0.2, 0) is 22.5 Å². The van der Waals surface area contributed by atoms with Crippen molar-refractivity contribution in [3.8, 4) is 11.8 Å². The number of hydrogen-bond donors (Lipinski definition) is 0. The molecule has 24 heavy (non-hydrogen) atoms. The summed E-state index contributed by atoms with van der Waals surface area (Å²) in [4.78, 5) is 13.9. The van der Waals surface area contributed by atoms with Gasteiger partial charge in [-0.05, 0) is 38.7 Å². The van der Waals surface area contributed by atoms with E-state index in [0.29, 0.717) is 11.3 Å². The fourth-order valence-electron chi connectivity index (χ4n) is 2.93. The van der Waals surface area contributed by atoms with E-state index in [4.69, 9.17) is 9.47 Å². The number of ether oxygens (including phenoxy) is 2. The zero-order chi connectivity index (χ0) is 17.9. The largest absolute Gasteiger partial charge is 0.495 e. The van der Waals surface area contributed by atoms with E-state index < -0.39 is 0 Å². The number of rotatable bonds is 6. The van der Waals surface area contributed by atoms with Crippen LogP contribution in [0.3, 0.4) is 0 Å². The molecule has 0 aliphatic carbocycles. The summed E-state index contributed by atoms with van der Waals surface area (Å²) >= 11 is 0. The monoisotopic (exact) mass is 329 g/mol. The smallest absolute Gasteiger partial charge is 0.310 e. The van der Waals surface area contributed by atoms with E-state index >= 15 is 0 Å². The average Bonchev–Trinajstić information content (AvgIpc) is 2.83. The number of aromatic nitrogens is 1. The van der Waals surface area contributed by atoms with Gasteiger partial charge in [0.05, 0.1) is 26.2 Å². The minimum Gasteiger partial charge on any atom is -0.495 e. The molecule has 0 bridgehead atoms. The molecule has 2 rings (SSSR count). The maximum Gasteiger partial charge on any atom is 0.310 e. The molecule has 0 saturated heterocycles. The Bertz CT molecular complexity index is 800. The number of carbonyl (C=O) groups is 1. The number of benzene rings is 1. The number of fused-ring (bicyclic) bond motifs is 1. The van der Waals surface area contributed by atoms with Crippen molar-refractivity contribution >= 4 is 16.9 Å². The van der Waals surface area contributed by atoms with Gasteiger partial charge in [0.25, 0.3) is 0 Å². The highest BCUT2D eigenvalue weighted by atomic mass is 16.5. The Morgan fingerprint density at radius 3 is 2.58 bits per heavy atom.